The Morgan fingerprint density at radius 2 is 1.89 bits per heavy atom. The van der Waals surface area contributed by atoms with Crippen LogP contribution in [-0.4, -0.2) is 42.5 Å². The SMILES string of the molecule is CCCCN(CCC(NCCC)C(N)=O)C(C)CC. The van der Waals surface area contributed by atoms with Crippen molar-refractivity contribution in [3.8, 4) is 0 Å². The summed E-state index contributed by atoms with van der Waals surface area (Å²) in [5, 5.41) is 3.24. The van der Waals surface area contributed by atoms with Gasteiger partial charge in [0.05, 0.1) is 6.04 Å². The van der Waals surface area contributed by atoms with E-state index in [-0.39, 0.29) is 11.9 Å². The van der Waals surface area contributed by atoms with Gasteiger partial charge in [0.25, 0.3) is 0 Å². The minimum absolute atomic E-state index is 0.187. The van der Waals surface area contributed by atoms with Crippen LogP contribution in [0.2, 0.25) is 0 Å². The molecule has 0 aromatic heterocycles. The molecule has 0 aromatic carbocycles. The third-order valence-electron chi connectivity index (χ3n) is 3.70. The minimum Gasteiger partial charge on any atom is -0.368 e. The molecule has 0 aliphatic heterocycles. The van der Waals surface area contributed by atoms with Crippen molar-refractivity contribution in [3.05, 3.63) is 0 Å². The molecule has 0 aliphatic carbocycles. The molecule has 2 unspecified atom stereocenters. The van der Waals surface area contributed by atoms with Crippen LogP contribution in [0, 0.1) is 0 Å². The van der Waals surface area contributed by atoms with Gasteiger partial charge in [-0.15, -0.1) is 0 Å². The Labute approximate surface area is 119 Å². The van der Waals surface area contributed by atoms with Crippen molar-refractivity contribution in [1.82, 2.24) is 10.2 Å². The molecule has 114 valence electrons. The molecule has 0 heterocycles. The van der Waals surface area contributed by atoms with E-state index < -0.39 is 0 Å². The number of nitrogens with two attached hydrogens (primary N) is 1. The van der Waals surface area contributed by atoms with Gasteiger partial charge in [0.1, 0.15) is 0 Å². The van der Waals surface area contributed by atoms with Gasteiger partial charge in [-0.05, 0) is 45.7 Å². The van der Waals surface area contributed by atoms with Gasteiger partial charge in [0.15, 0.2) is 0 Å². The third kappa shape index (κ3) is 8.22. The minimum atomic E-state index is -0.229. The van der Waals surface area contributed by atoms with Crippen molar-refractivity contribution in [1.29, 1.82) is 0 Å². The van der Waals surface area contributed by atoms with Crippen LogP contribution >= 0.6 is 0 Å². The molecule has 0 fully saturated rings. The zero-order chi connectivity index (χ0) is 14.7. The lowest BCUT2D eigenvalue weighted by Crippen LogP contribution is -2.45. The summed E-state index contributed by atoms with van der Waals surface area (Å²) in [6, 6.07) is 0.388. The average molecular weight is 271 g/mol. The molecule has 4 heteroatoms. The Hall–Kier alpha value is -0.610. The molecule has 0 aromatic rings. The van der Waals surface area contributed by atoms with E-state index >= 15 is 0 Å². The highest BCUT2D eigenvalue weighted by Gasteiger charge is 2.18. The van der Waals surface area contributed by atoms with Crippen LogP contribution in [-0.2, 0) is 4.79 Å². The van der Waals surface area contributed by atoms with Crippen molar-refractivity contribution in [3.63, 3.8) is 0 Å². The Kier molecular flexibility index (Phi) is 10.9. The van der Waals surface area contributed by atoms with Crippen LogP contribution in [0.15, 0.2) is 0 Å². The lowest BCUT2D eigenvalue weighted by Gasteiger charge is -2.29. The van der Waals surface area contributed by atoms with Crippen LogP contribution in [0.4, 0.5) is 0 Å². The van der Waals surface area contributed by atoms with E-state index in [1.54, 1.807) is 0 Å². The molecule has 4 nitrogen and oxygen atoms in total. The van der Waals surface area contributed by atoms with Gasteiger partial charge in [-0.2, -0.15) is 0 Å². The molecule has 0 saturated heterocycles. The summed E-state index contributed by atoms with van der Waals surface area (Å²) in [4.78, 5) is 13.9. The fraction of sp³-hybridized carbons (Fsp3) is 0.933. The van der Waals surface area contributed by atoms with Crippen LogP contribution < -0.4 is 11.1 Å². The Balaban J connectivity index is 4.27. The van der Waals surface area contributed by atoms with E-state index in [0.717, 1.165) is 38.9 Å². The molecule has 0 spiro atoms. The van der Waals surface area contributed by atoms with E-state index in [2.05, 4.69) is 37.9 Å². The number of hydrogen-bond donors (Lipinski definition) is 2. The molecule has 1 amide bonds. The largest absolute Gasteiger partial charge is 0.368 e. The van der Waals surface area contributed by atoms with Gasteiger partial charge in [0.2, 0.25) is 5.91 Å². The summed E-state index contributed by atoms with van der Waals surface area (Å²) in [6.45, 7) is 11.7. The molecule has 0 aliphatic rings. The number of nitrogens with zero attached hydrogens (tertiary/aromatic N) is 1. The Morgan fingerprint density at radius 3 is 2.37 bits per heavy atom. The Morgan fingerprint density at radius 1 is 1.21 bits per heavy atom. The second-order valence-electron chi connectivity index (χ2n) is 5.34. The second-order valence-corrected chi connectivity index (χ2v) is 5.34. The molecule has 0 radical (unpaired) electrons. The normalized spacial score (nSPS) is 14.6. The number of primary amides is 1. The summed E-state index contributed by atoms with van der Waals surface area (Å²) < 4.78 is 0. The first-order valence-corrected chi connectivity index (χ1v) is 7.83. The number of nitrogens with one attached hydrogen (secondary N) is 1. The first-order valence-electron chi connectivity index (χ1n) is 7.83. The quantitative estimate of drug-likeness (QED) is 0.572. The van der Waals surface area contributed by atoms with Gasteiger partial charge >= 0.3 is 0 Å². The highest BCUT2D eigenvalue weighted by molar-refractivity contribution is 5.79. The molecule has 0 rings (SSSR count). The standard InChI is InChI=1S/C15H33N3O/c1-5-8-11-18(13(4)7-3)12-9-14(15(16)19)17-10-6-2/h13-14,17H,5-12H2,1-4H3,(H2,16,19). The van der Waals surface area contributed by atoms with Crippen molar-refractivity contribution >= 4 is 5.91 Å². The zero-order valence-electron chi connectivity index (χ0n) is 13.2. The van der Waals surface area contributed by atoms with Crippen molar-refractivity contribution in [2.75, 3.05) is 19.6 Å². The van der Waals surface area contributed by atoms with Gasteiger partial charge in [-0.1, -0.05) is 27.2 Å². The molecule has 0 bridgehead atoms. The fourth-order valence-corrected chi connectivity index (χ4v) is 2.13. The zero-order valence-corrected chi connectivity index (χ0v) is 13.2. The topological polar surface area (TPSA) is 58.4 Å². The van der Waals surface area contributed by atoms with Crippen molar-refractivity contribution < 1.29 is 4.79 Å². The van der Waals surface area contributed by atoms with Crippen molar-refractivity contribution in [2.24, 2.45) is 5.73 Å². The highest BCUT2D eigenvalue weighted by atomic mass is 16.1. The molecule has 0 saturated carbocycles. The number of hydrogen-bond acceptors (Lipinski definition) is 3. The maximum Gasteiger partial charge on any atom is 0.234 e. The molecule has 19 heavy (non-hydrogen) atoms. The van der Waals surface area contributed by atoms with Crippen LogP contribution in [0.25, 0.3) is 0 Å². The van der Waals surface area contributed by atoms with E-state index in [0.29, 0.717) is 6.04 Å². The maximum atomic E-state index is 11.4. The van der Waals surface area contributed by atoms with Gasteiger partial charge in [0, 0.05) is 12.6 Å². The summed E-state index contributed by atoms with van der Waals surface area (Å²) in [7, 11) is 0. The van der Waals surface area contributed by atoms with Gasteiger partial charge in [-0.25, -0.2) is 0 Å². The maximum absolute atomic E-state index is 11.4. The van der Waals surface area contributed by atoms with Gasteiger partial charge < -0.3 is 16.0 Å². The number of carbonyl (C=O) groups excluding carboxylic acids is 1. The van der Waals surface area contributed by atoms with E-state index in [1.807, 2.05) is 0 Å². The Bertz CT molecular complexity index is 233. The monoisotopic (exact) mass is 271 g/mol. The first-order chi connectivity index (χ1) is 9.06. The van der Waals surface area contributed by atoms with E-state index in [4.69, 9.17) is 5.73 Å². The number of amides is 1. The lowest BCUT2D eigenvalue weighted by atomic mass is 10.1. The van der Waals surface area contributed by atoms with Crippen LogP contribution in [0.3, 0.4) is 0 Å². The summed E-state index contributed by atoms with van der Waals surface area (Å²) in [5.74, 6) is -0.229. The van der Waals surface area contributed by atoms with E-state index in [9.17, 15) is 4.79 Å². The lowest BCUT2D eigenvalue weighted by molar-refractivity contribution is -0.120. The second kappa shape index (κ2) is 11.2. The summed E-state index contributed by atoms with van der Waals surface area (Å²) in [6.07, 6.45) is 5.40. The highest BCUT2D eigenvalue weighted by Crippen LogP contribution is 2.08. The number of unbranched alkanes of at least 4 members (excludes halogenated alkanes) is 1. The van der Waals surface area contributed by atoms with E-state index in [1.165, 1.54) is 12.8 Å². The average Bonchev–Trinajstić information content (AvgIpc) is 2.40. The fourth-order valence-electron chi connectivity index (χ4n) is 2.13. The van der Waals surface area contributed by atoms with Gasteiger partial charge in [-0.3, -0.25) is 4.79 Å². The predicted molar refractivity (Wildman–Crippen MR) is 82.1 cm³/mol. The summed E-state index contributed by atoms with van der Waals surface area (Å²) >= 11 is 0. The summed E-state index contributed by atoms with van der Waals surface area (Å²) in [5.41, 5.74) is 5.45. The number of carbonyl (C=O) groups is 1. The molecular weight excluding hydrogens is 238 g/mol. The number of rotatable bonds is 12. The van der Waals surface area contributed by atoms with Crippen LogP contribution in [0.1, 0.15) is 59.8 Å². The molecule has 3 N–H and O–H groups in total. The van der Waals surface area contributed by atoms with Crippen LogP contribution in [0.5, 0.6) is 0 Å². The molecule has 2 atom stereocenters. The first kappa shape index (κ1) is 18.4. The smallest absolute Gasteiger partial charge is 0.234 e. The third-order valence-corrected chi connectivity index (χ3v) is 3.70. The predicted octanol–water partition coefficient (Wildman–Crippen LogP) is 2.13. The molecular formula is C15H33N3O. The van der Waals surface area contributed by atoms with Crippen molar-refractivity contribution in [2.45, 2.75) is 71.9 Å².